The summed E-state index contributed by atoms with van der Waals surface area (Å²) in [5.74, 6) is -1.82. The Balaban J connectivity index is 0.000000139. The molecule has 0 aliphatic carbocycles. The van der Waals surface area contributed by atoms with Gasteiger partial charge < -0.3 is 15.3 Å². The number of aromatic carboxylic acids is 2. The van der Waals surface area contributed by atoms with Crippen molar-refractivity contribution in [2.45, 2.75) is 6.61 Å². The number of hydrogen-bond acceptors (Lipinski definition) is 6. The molecule has 0 spiro atoms. The quantitative estimate of drug-likeness (QED) is 0.182. The molecule has 6 rings (SSSR count). The molecule has 0 radical (unpaired) electrons. The van der Waals surface area contributed by atoms with E-state index in [4.69, 9.17) is 15.3 Å². The summed E-state index contributed by atoms with van der Waals surface area (Å²) in [6.07, 6.45) is 10.3. The fraction of sp³-hybridized carbons (Fsp3) is 0.0333. The normalized spacial score (nSPS) is 10.4. The summed E-state index contributed by atoms with van der Waals surface area (Å²) in [7, 11) is 0. The van der Waals surface area contributed by atoms with Gasteiger partial charge in [-0.3, -0.25) is 15.0 Å². The topological polar surface area (TPSA) is 134 Å². The molecule has 0 bridgehead atoms. The van der Waals surface area contributed by atoms with Gasteiger partial charge in [-0.1, -0.05) is 24.3 Å². The van der Waals surface area contributed by atoms with E-state index in [-0.39, 0.29) is 12.2 Å². The summed E-state index contributed by atoms with van der Waals surface area (Å²) in [6, 6.07) is 17.5. The molecule has 3 heterocycles. The van der Waals surface area contributed by atoms with Gasteiger partial charge >= 0.3 is 11.9 Å². The molecule has 10 heteroatoms. The smallest absolute Gasteiger partial charge is 0.335 e. The molecule has 0 saturated heterocycles. The molecular weight excluding hydrogens is 642 g/mol. The zero-order chi connectivity index (χ0) is 28.6. The molecule has 0 aliphatic rings. The molecule has 3 aromatic carbocycles. The lowest BCUT2D eigenvalue weighted by atomic mass is 10.1. The van der Waals surface area contributed by atoms with Crippen molar-refractivity contribution < 1.29 is 24.9 Å². The molecule has 6 aromatic rings. The van der Waals surface area contributed by atoms with Crippen LogP contribution in [0.25, 0.3) is 32.3 Å². The van der Waals surface area contributed by atoms with Crippen molar-refractivity contribution in [3.63, 3.8) is 0 Å². The SMILES string of the molecule is O=C(O)c1ccc2cncc(Br)c2c1.O=C(O)c1ccc2cnccc2c1.OCc1ccc2cncc(Br)c2c1. The van der Waals surface area contributed by atoms with Crippen LogP contribution in [-0.2, 0) is 6.61 Å². The molecule has 8 nitrogen and oxygen atoms in total. The minimum Gasteiger partial charge on any atom is -0.478 e. The van der Waals surface area contributed by atoms with Crippen LogP contribution in [0.1, 0.15) is 26.3 Å². The van der Waals surface area contributed by atoms with E-state index in [2.05, 4.69) is 46.8 Å². The Morgan fingerprint density at radius 3 is 1.73 bits per heavy atom. The Labute approximate surface area is 245 Å². The van der Waals surface area contributed by atoms with Crippen molar-refractivity contribution in [2.75, 3.05) is 0 Å². The Bertz CT molecular complexity index is 1850. The standard InChI is InChI=1S/C10H6BrNO2.C10H8BrNO.C10H7NO2/c11-9-5-12-4-7-2-1-6(10(13)14)3-8(7)9;11-10-5-12-4-8-2-1-7(6-13)3-9(8)10;12-10(13)8-1-2-9-6-11-4-3-7(9)5-8/h1-5H,(H,13,14);1-5,13H,6H2;1-6H,(H,12,13). The summed E-state index contributed by atoms with van der Waals surface area (Å²) in [6.45, 7) is 0.0741. The number of nitrogens with zero attached hydrogens (tertiary/aromatic N) is 3. The molecule has 0 unspecified atom stereocenters. The molecule has 0 saturated carbocycles. The number of pyridine rings is 3. The predicted octanol–water partition coefficient (Wildman–Crippen LogP) is 7.12. The van der Waals surface area contributed by atoms with E-state index in [0.29, 0.717) is 5.56 Å². The number of carboxylic acid groups (broad SMARTS) is 2. The van der Waals surface area contributed by atoms with Gasteiger partial charge in [-0.15, -0.1) is 0 Å². The van der Waals surface area contributed by atoms with Crippen molar-refractivity contribution in [3.8, 4) is 0 Å². The minimum atomic E-state index is -0.921. The Kier molecular flexibility index (Phi) is 9.49. The summed E-state index contributed by atoms with van der Waals surface area (Å²) in [5.41, 5.74) is 1.50. The Morgan fingerprint density at radius 2 is 1.12 bits per heavy atom. The number of aliphatic hydroxyl groups is 1. The van der Waals surface area contributed by atoms with Gasteiger partial charge in [0.25, 0.3) is 0 Å². The van der Waals surface area contributed by atoms with Gasteiger partial charge in [0.2, 0.25) is 0 Å². The first-order valence-corrected chi connectivity index (χ1v) is 13.3. The Hall–Kier alpha value is -4.25. The number of fused-ring (bicyclic) bond motifs is 3. The Morgan fingerprint density at radius 1 is 0.600 bits per heavy atom. The van der Waals surface area contributed by atoms with Gasteiger partial charge in [0.1, 0.15) is 0 Å². The summed E-state index contributed by atoms with van der Waals surface area (Å²) >= 11 is 6.74. The largest absolute Gasteiger partial charge is 0.478 e. The van der Waals surface area contributed by atoms with Crippen LogP contribution in [-0.4, -0.2) is 42.2 Å². The van der Waals surface area contributed by atoms with Crippen LogP contribution in [0, 0.1) is 0 Å². The highest BCUT2D eigenvalue weighted by Crippen LogP contribution is 2.24. The first-order valence-electron chi connectivity index (χ1n) is 11.7. The number of benzene rings is 3. The molecular formula is C30H21Br2N3O5. The maximum atomic E-state index is 10.7. The first-order chi connectivity index (χ1) is 19.3. The molecule has 0 atom stereocenters. The molecule has 0 aliphatic heterocycles. The van der Waals surface area contributed by atoms with Crippen LogP contribution in [0.4, 0.5) is 0 Å². The fourth-order valence-corrected chi connectivity index (χ4v) is 4.67. The van der Waals surface area contributed by atoms with E-state index in [1.807, 2.05) is 18.2 Å². The first kappa shape index (κ1) is 28.8. The van der Waals surface area contributed by atoms with Crippen LogP contribution < -0.4 is 0 Å². The van der Waals surface area contributed by atoms with E-state index in [9.17, 15) is 9.59 Å². The highest BCUT2D eigenvalue weighted by molar-refractivity contribution is 9.11. The number of aromatic nitrogens is 3. The number of halogens is 2. The third kappa shape index (κ3) is 7.03. The lowest BCUT2D eigenvalue weighted by molar-refractivity contribution is 0.0686. The molecule has 0 fully saturated rings. The van der Waals surface area contributed by atoms with Crippen molar-refractivity contribution in [1.29, 1.82) is 0 Å². The number of hydrogen-bond donors (Lipinski definition) is 3. The minimum absolute atomic E-state index is 0.0741. The van der Waals surface area contributed by atoms with Crippen molar-refractivity contribution in [3.05, 3.63) is 123 Å². The number of carbonyl (C=O) groups is 2. The maximum Gasteiger partial charge on any atom is 0.335 e. The average Bonchev–Trinajstić information content (AvgIpc) is 2.97. The van der Waals surface area contributed by atoms with Crippen LogP contribution >= 0.6 is 31.9 Å². The van der Waals surface area contributed by atoms with E-state index in [0.717, 1.165) is 46.8 Å². The van der Waals surface area contributed by atoms with E-state index >= 15 is 0 Å². The molecule has 3 N–H and O–H groups in total. The fourth-order valence-electron chi connectivity index (χ4n) is 3.75. The van der Waals surface area contributed by atoms with Crippen LogP contribution in [0.15, 0.2) is 107 Å². The van der Waals surface area contributed by atoms with Crippen molar-refractivity contribution in [1.82, 2.24) is 15.0 Å². The highest BCUT2D eigenvalue weighted by atomic mass is 79.9. The lowest BCUT2D eigenvalue weighted by Crippen LogP contribution is -1.95. The third-order valence-corrected chi connectivity index (χ3v) is 7.07. The number of carboxylic acids is 2. The van der Waals surface area contributed by atoms with Gasteiger partial charge in [-0.05, 0) is 90.0 Å². The van der Waals surface area contributed by atoms with Crippen LogP contribution in [0.2, 0.25) is 0 Å². The second-order valence-electron chi connectivity index (χ2n) is 8.44. The lowest BCUT2D eigenvalue weighted by Gasteiger charge is -2.01. The second kappa shape index (κ2) is 13.2. The summed E-state index contributed by atoms with van der Waals surface area (Å²) in [5, 5.41) is 32.3. The average molecular weight is 663 g/mol. The van der Waals surface area contributed by atoms with E-state index < -0.39 is 11.9 Å². The number of rotatable bonds is 3. The number of aliphatic hydroxyl groups excluding tert-OH is 1. The zero-order valence-corrected chi connectivity index (χ0v) is 23.9. The molecule has 200 valence electrons. The predicted molar refractivity (Wildman–Crippen MR) is 160 cm³/mol. The second-order valence-corrected chi connectivity index (χ2v) is 10.1. The van der Waals surface area contributed by atoms with Crippen molar-refractivity contribution >= 4 is 76.1 Å². The summed E-state index contributed by atoms with van der Waals surface area (Å²) in [4.78, 5) is 33.3. The van der Waals surface area contributed by atoms with Gasteiger partial charge in [0.05, 0.1) is 17.7 Å². The van der Waals surface area contributed by atoms with Gasteiger partial charge in [0.15, 0.2) is 0 Å². The van der Waals surface area contributed by atoms with Crippen molar-refractivity contribution in [2.24, 2.45) is 0 Å². The third-order valence-electron chi connectivity index (χ3n) is 5.81. The van der Waals surface area contributed by atoms with E-state index in [1.165, 1.54) is 0 Å². The van der Waals surface area contributed by atoms with Crippen LogP contribution in [0.3, 0.4) is 0 Å². The molecule has 40 heavy (non-hydrogen) atoms. The maximum absolute atomic E-state index is 10.7. The highest BCUT2D eigenvalue weighted by Gasteiger charge is 2.05. The van der Waals surface area contributed by atoms with E-state index in [1.54, 1.807) is 79.6 Å². The molecule has 0 amide bonds. The van der Waals surface area contributed by atoms with Gasteiger partial charge in [-0.2, -0.15) is 0 Å². The molecule has 3 aromatic heterocycles. The zero-order valence-electron chi connectivity index (χ0n) is 20.7. The van der Waals surface area contributed by atoms with Crippen LogP contribution in [0.5, 0.6) is 0 Å². The van der Waals surface area contributed by atoms with Gasteiger partial charge in [0, 0.05) is 62.3 Å². The monoisotopic (exact) mass is 661 g/mol. The van der Waals surface area contributed by atoms with Gasteiger partial charge in [-0.25, -0.2) is 9.59 Å². The summed E-state index contributed by atoms with van der Waals surface area (Å²) < 4.78 is 1.76.